The topological polar surface area (TPSA) is 34.4 Å². The van der Waals surface area contributed by atoms with Crippen LogP contribution >= 0.6 is 0 Å². The van der Waals surface area contributed by atoms with Crippen molar-refractivity contribution >= 4 is 0 Å². The lowest BCUT2D eigenvalue weighted by Gasteiger charge is -2.21. The molecule has 0 spiro atoms. The van der Waals surface area contributed by atoms with E-state index < -0.39 is 0 Å². The lowest BCUT2D eigenvalue weighted by Crippen LogP contribution is -2.16. The van der Waals surface area contributed by atoms with Crippen LogP contribution in [-0.4, -0.2) is 12.1 Å². The molecule has 0 unspecified atom stereocenters. The first-order chi connectivity index (χ1) is 9.31. The summed E-state index contributed by atoms with van der Waals surface area (Å²) in [5, 5.41) is 3.50. The molecule has 0 amide bonds. The molecule has 0 aromatic carbocycles. The molecule has 0 atom stereocenters. The van der Waals surface area contributed by atoms with Crippen molar-refractivity contribution < 1.29 is 9.15 Å². The third-order valence-corrected chi connectivity index (χ3v) is 4.21. The molecule has 1 aromatic rings. The van der Waals surface area contributed by atoms with Crippen LogP contribution < -0.4 is 5.32 Å². The van der Waals surface area contributed by atoms with E-state index in [9.17, 15) is 0 Å². The minimum Gasteiger partial charge on any atom is -0.462 e. The highest BCUT2D eigenvalue weighted by molar-refractivity contribution is 5.19. The molecule has 0 radical (unpaired) electrons. The van der Waals surface area contributed by atoms with Gasteiger partial charge >= 0.3 is 0 Å². The van der Waals surface area contributed by atoms with E-state index in [1.807, 2.05) is 0 Å². The number of rotatable bonds is 6. The maximum Gasteiger partial charge on any atom is 0.130 e. The number of nitrogens with one attached hydrogen (secondary N) is 1. The molecule has 2 saturated carbocycles. The quantitative estimate of drug-likeness (QED) is 0.850. The summed E-state index contributed by atoms with van der Waals surface area (Å²) in [4.78, 5) is 0. The molecule has 2 aliphatic carbocycles. The number of hydrogen-bond acceptors (Lipinski definition) is 3. The summed E-state index contributed by atoms with van der Waals surface area (Å²) in [5.74, 6) is 2.06. The Morgan fingerprint density at radius 3 is 2.74 bits per heavy atom. The number of furan rings is 1. The highest BCUT2D eigenvalue weighted by Crippen LogP contribution is 2.24. The SMILES string of the molecule is Cc1cc(COC2CCCCC2)oc1CNC1CC1. The lowest BCUT2D eigenvalue weighted by atomic mass is 9.98. The van der Waals surface area contributed by atoms with Gasteiger partial charge in [0.2, 0.25) is 0 Å². The second-order valence-electron chi connectivity index (χ2n) is 6.05. The van der Waals surface area contributed by atoms with Crippen molar-refractivity contribution in [2.45, 2.75) is 77.2 Å². The fourth-order valence-corrected chi connectivity index (χ4v) is 2.79. The van der Waals surface area contributed by atoms with Crippen LogP contribution in [-0.2, 0) is 17.9 Å². The average Bonchev–Trinajstić information content (AvgIpc) is 3.19. The molecular weight excluding hydrogens is 238 g/mol. The van der Waals surface area contributed by atoms with Crippen LogP contribution in [0.25, 0.3) is 0 Å². The van der Waals surface area contributed by atoms with Crippen molar-refractivity contribution in [3.8, 4) is 0 Å². The van der Waals surface area contributed by atoms with Crippen molar-refractivity contribution in [1.29, 1.82) is 0 Å². The maximum atomic E-state index is 5.96. The van der Waals surface area contributed by atoms with E-state index in [-0.39, 0.29) is 0 Å². The van der Waals surface area contributed by atoms with Crippen LogP contribution in [0, 0.1) is 6.92 Å². The number of aryl methyl sites for hydroxylation is 1. The Balaban J connectivity index is 1.48. The molecule has 0 aliphatic heterocycles. The molecule has 1 N–H and O–H groups in total. The molecule has 0 saturated heterocycles. The van der Waals surface area contributed by atoms with Crippen LogP contribution in [0.5, 0.6) is 0 Å². The predicted molar refractivity (Wildman–Crippen MR) is 75.0 cm³/mol. The van der Waals surface area contributed by atoms with E-state index >= 15 is 0 Å². The fourth-order valence-electron chi connectivity index (χ4n) is 2.79. The highest BCUT2D eigenvalue weighted by atomic mass is 16.5. The van der Waals surface area contributed by atoms with Crippen LogP contribution in [0.3, 0.4) is 0 Å². The Morgan fingerprint density at radius 2 is 2.00 bits per heavy atom. The molecule has 106 valence electrons. The van der Waals surface area contributed by atoms with Crippen molar-refractivity contribution in [2.75, 3.05) is 0 Å². The van der Waals surface area contributed by atoms with E-state index in [0.29, 0.717) is 12.7 Å². The summed E-state index contributed by atoms with van der Waals surface area (Å²) >= 11 is 0. The third-order valence-electron chi connectivity index (χ3n) is 4.21. The average molecular weight is 263 g/mol. The van der Waals surface area contributed by atoms with Crippen LogP contribution in [0.4, 0.5) is 0 Å². The molecule has 3 rings (SSSR count). The van der Waals surface area contributed by atoms with E-state index in [1.54, 1.807) is 0 Å². The van der Waals surface area contributed by atoms with Gasteiger partial charge < -0.3 is 14.5 Å². The first-order valence-corrected chi connectivity index (χ1v) is 7.74. The normalized spacial score (nSPS) is 20.9. The van der Waals surface area contributed by atoms with Crippen LogP contribution in [0.2, 0.25) is 0 Å². The van der Waals surface area contributed by atoms with Crippen LogP contribution in [0.1, 0.15) is 62.0 Å². The van der Waals surface area contributed by atoms with Gasteiger partial charge in [0.05, 0.1) is 12.6 Å². The zero-order valence-electron chi connectivity index (χ0n) is 11.9. The Morgan fingerprint density at radius 1 is 1.21 bits per heavy atom. The van der Waals surface area contributed by atoms with Gasteiger partial charge in [-0.25, -0.2) is 0 Å². The molecule has 3 nitrogen and oxygen atoms in total. The minimum atomic E-state index is 0.451. The lowest BCUT2D eigenvalue weighted by molar-refractivity contribution is 0.00835. The van der Waals surface area contributed by atoms with E-state index in [4.69, 9.17) is 9.15 Å². The Hall–Kier alpha value is -0.800. The van der Waals surface area contributed by atoms with E-state index in [2.05, 4.69) is 18.3 Å². The summed E-state index contributed by atoms with van der Waals surface area (Å²) in [5.41, 5.74) is 1.25. The van der Waals surface area contributed by atoms with Gasteiger partial charge in [-0.1, -0.05) is 19.3 Å². The minimum absolute atomic E-state index is 0.451. The molecule has 1 aromatic heterocycles. The molecular formula is C16H25NO2. The summed E-state index contributed by atoms with van der Waals surface area (Å²) in [6, 6.07) is 2.86. The highest BCUT2D eigenvalue weighted by Gasteiger charge is 2.21. The van der Waals surface area contributed by atoms with Gasteiger partial charge in [0.1, 0.15) is 18.1 Å². The van der Waals surface area contributed by atoms with Gasteiger partial charge in [-0.2, -0.15) is 0 Å². The van der Waals surface area contributed by atoms with Gasteiger partial charge in [0, 0.05) is 6.04 Å². The molecule has 1 heterocycles. The number of hydrogen-bond donors (Lipinski definition) is 1. The molecule has 0 bridgehead atoms. The maximum absolute atomic E-state index is 5.96. The van der Waals surface area contributed by atoms with E-state index in [0.717, 1.165) is 24.1 Å². The second-order valence-corrected chi connectivity index (χ2v) is 6.05. The zero-order valence-corrected chi connectivity index (χ0v) is 11.9. The first kappa shape index (κ1) is 13.2. The summed E-state index contributed by atoms with van der Waals surface area (Å²) in [6.07, 6.45) is 9.53. The van der Waals surface area contributed by atoms with Gasteiger partial charge in [-0.05, 0) is 44.2 Å². The molecule has 19 heavy (non-hydrogen) atoms. The summed E-state index contributed by atoms with van der Waals surface area (Å²) in [7, 11) is 0. The van der Waals surface area contributed by atoms with Crippen molar-refractivity contribution in [2.24, 2.45) is 0 Å². The van der Waals surface area contributed by atoms with Gasteiger partial charge in [-0.3, -0.25) is 0 Å². The standard InChI is InChI=1S/C16H25NO2/c1-12-9-15(11-18-14-5-3-2-4-6-14)19-16(12)10-17-13-7-8-13/h9,13-14,17H,2-8,10-11H2,1H3. The molecule has 2 fully saturated rings. The summed E-state index contributed by atoms with van der Waals surface area (Å²) < 4.78 is 11.9. The van der Waals surface area contributed by atoms with E-state index in [1.165, 1.54) is 50.5 Å². The Kier molecular flexibility index (Phi) is 4.24. The Labute approximate surface area is 115 Å². The fraction of sp³-hybridized carbons (Fsp3) is 0.750. The van der Waals surface area contributed by atoms with Crippen molar-refractivity contribution in [3.05, 3.63) is 23.2 Å². The Bertz CT molecular complexity index is 403. The first-order valence-electron chi connectivity index (χ1n) is 7.74. The second kappa shape index (κ2) is 6.10. The van der Waals surface area contributed by atoms with Crippen molar-refractivity contribution in [1.82, 2.24) is 5.32 Å². The largest absolute Gasteiger partial charge is 0.462 e. The van der Waals surface area contributed by atoms with Crippen LogP contribution in [0.15, 0.2) is 10.5 Å². The predicted octanol–water partition coefficient (Wildman–Crippen LogP) is 3.69. The third kappa shape index (κ3) is 3.83. The van der Waals surface area contributed by atoms with Crippen molar-refractivity contribution in [3.63, 3.8) is 0 Å². The van der Waals surface area contributed by atoms with Gasteiger partial charge in [0.15, 0.2) is 0 Å². The van der Waals surface area contributed by atoms with Gasteiger partial charge in [-0.15, -0.1) is 0 Å². The monoisotopic (exact) mass is 263 g/mol. The smallest absolute Gasteiger partial charge is 0.130 e. The zero-order chi connectivity index (χ0) is 13.1. The van der Waals surface area contributed by atoms with Gasteiger partial charge in [0.25, 0.3) is 0 Å². The molecule has 3 heteroatoms. The summed E-state index contributed by atoms with van der Waals surface area (Å²) in [6.45, 7) is 3.62. The molecule has 2 aliphatic rings. The number of ether oxygens (including phenoxy) is 1.